The van der Waals surface area contributed by atoms with Gasteiger partial charge in [-0.3, -0.25) is 14.2 Å². The third-order valence-electron chi connectivity index (χ3n) is 4.41. The molecule has 2 N–H and O–H groups in total. The van der Waals surface area contributed by atoms with E-state index in [1.54, 1.807) is 29.2 Å². The number of aromatic nitrogens is 1. The van der Waals surface area contributed by atoms with Gasteiger partial charge in [0, 0.05) is 31.1 Å². The average Bonchev–Trinajstić information content (AvgIpc) is 2.90. The van der Waals surface area contributed by atoms with Gasteiger partial charge in [-0.1, -0.05) is 6.08 Å². The molecule has 1 aliphatic heterocycles. The van der Waals surface area contributed by atoms with Crippen LogP contribution in [0.2, 0.25) is 0 Å². The Morgan fingerprint density at radius 1 is 1.33 bits per heavy atom. The number of likely N-dealkylation sites (tertiary alicyclic amines) is 1. The number of piperidine rings is 1. The van der Waals surface area contributed by atoms with Crippen LogP contribution in [-0.2, 0) is 11.3 Å². The van der Waals surface area contributed by atoms with Gasteiger partial charge in [-0.05, 0) is 31.0 Å². The van der Waals surface area contributed by atoms with Crippen molar-refractivity contribution in [3.8, 4) is 0 Å². The molecule has 1 aromatic heterocycles. The monoisotopic (exact) mass is 329 g/mol. The number of nitrogens with two attached hydrogens (primary N) is 1. The molecule has 0 unspecified atom stereocenters. The maximum Gasteiger partial charge on any atom is 0.420 e. The number of rotatable bonds is 4. The normalized spacial score (nSPS) is 15.6. The van der Waals surface area contributed by atoms with E-state index >= 15 is 0 Å². The molecule has 0 radical (unpaired) electrons. The lowest BCUT2D eigenvalue weighted by Gasteiger charge is -2.30. The molecule has 0 spiro atoms. The van der Waals surface area contributed by atoms with Crippen molar-refractivity contribution in [2.45, 2.75) is 19.4 Å². The molecule has 126 valence electrons. The van der Waals surface area contributed by atoms with Crippen molar-refractivity contribution in [2.75, 3.05) is 13.1 Å². The van der Waals surface area contributed by atoms with Crippen LogP contribution in [0.1, 0.15) is 23.2 Å². The summed E-state index contributed by atoms with van der Waals surface area (Å²) < 4.78 is 6.58. The van der Waals surface area contributed by atoms with Gasteiger partial charge in [0.05, 0.1) is 5.52 Å². The van der Waals surface area contributed by atoms with Gasteiger partial charge in [0.2, 0.25) is 5.91 Å². The first-order valence-electron chi connectivity index (χ1n) is 7.84. The van der Waals surface area contributed by atoms with E-state index in [1.165, 1.54) is 4.57 Å². The Hall–Kier alpha value is -2.83. The first-order valence-corrected chi connectivity index (χ1v) is 7.84. The number of hydrogen-bond donors (Lipinski definition) is 1. The Balaban J connectivity index is 1.85. The number of amides is 2. The van der Waals surface area contributed by atoms with Gasteiger partial charge in [-0.2, -0.15) is 0 Å². The summed E-state index contributed by atoms with van der Waals surface area (Å²) in [5.41, 5.74) is 6.80. The first kappa shape index (κ1) is 16.0. The molecule has 0 saturated carbocycles. The number of benzene rings is 1. The van der Waals surface area contributed by atoms with E-state index in [-0.39, 0.29) is 17.7 Å². The summed E-state index contributed by atoms with van der Waals surface area (Å²) in [6.07, 6.45) is 2.76. The number of primary amides is 1. The van der Waals surface area contributed by atoms with Crippen molar-refractivity contribution in [1.29, 1.82) is 0 Å². The highest BCUT2D eigenvalue weighted by Gasteiger charge is 2.26. The van der Waals surface area contributed by atoms with Gasteiger partial charge >= 0.3 is 5.76 Å². The van der Waals surface area contributed by atoms with Gasteiger partial charge in [-0.25, -0.2) is 4.79 Å². The third kappa shape index (κ3) is 2.84. The fourth-order valence-corrected chi connectivity index (χ4v) is 3.05. The van der Waals surface area contributed by atoms with Crippen LogP contribution in [0.4, 0.5) is 0 Å². The van der Waals surface area contributed by atoms with E-state index in [9.17, 15) is 14.4 Å². The van der Waals surface area contributed by atoms with Crippen LogP contribution < -0.4 is 11.5 Å². The quantitative estimate of drug-likeness (QED) is 0.850. The molecule has 0 bridgehead atoms. The van der Waals surface area contributed by atoms with E-state index in [1.807, 2.05) is 0 Å². The van der Waals surface area contributed by atoms with Crippen molar-refractivity contribution in [3.05, 3.63) is 47.0 Å². The molecule has 3 rings (SSSR count). The molecule has 24 heavy (non-hydrogen) atoms. The summed E-state index contributed by atoms with van der Waals surface area (Å²) in [5.74, 6) is -1.08. The SMILES string of the molecule is C=CCn1c(=O)oc2ccc(C(=O)N3CCC(C(N)=O)CC3)cc21. The number of nitrogens with zero attached hydrogens (tertiary/aromatic N) is 2. The van der Waals surface area contributed by atoms with Crippen molar-refractivity contribution in [2.24, 2.45) is 11.7 Å². The molecule has 0 aliphatic carbocycles. The van der Waals surface area contributed by atoms with Gasteiger partial charge in [0.15, 0.2) is 5.58 Å². The largest absolute Gasteiger partial charge is 0.420 e. The summed E-state index contributed by atoms with van der Waals surface area (Å²) in [5, 5.41) is 0. The van der Waals surface area contributed by atoms with Gasteiger partial charge in [-0.15, -0.1) is 6.58 Å². The van der Waals surface area contributed by atoms with E-state index in [4.69, 9.17) is 10.2 Å². The maximum atomic E-state index is 12.7. The number of oxazole rings is 1. The number of hydrogen-bond acceptors (Lipinski definition) is 4. The molecule has 2 amide bonds. The first-order chi connectivity index (χ1) is 11.5. The second kappa shape index (κ2) is 6.35. The lowest BCUT2D eigenvalue weighted by atomic mass is 9.96. The summed E-state index contributed by atoms with van der Waals surface area (Å²) in [6.45, 7) is 4.93. The van der Waals surface area contributed by atoms with Crippen molar-refractivity contribution in [1.82, 2.24) is 9.47 Å². The second-order valence-corrected chi connectivity index (χ2v) is 5.92. The fourth-order valence-electron chi connectivity index (χ4n) is 3.05. The minimum Gasteiger partial charge on any atom is -0.408 e. The summed E-state index contributed by atoms with van der Waals surface area (Å²) in [6, 6.07) is 4.93. The van der Waals surface area contributed by atoms with Gasteiger partial charge < -0.3 is 15.1 Å². The zero-order valence-corrected chi connectivity index (χ0v) is 13.2. The Labute approximate surface area is 138 Å². The van der Waals surface area contributed by atoms with Gasteiger partial charge in [0.25, 0.3) is 5.91 Å². The van der Waals surface area contributed by atoms with Crippen LogP contribution in [0.3, 0.4) is 0 Å². The Bertz CT molecular complexity index is 856. The molecule has 7 nitrogen and oxygen atoms in total. The zero-order chi connectivity index (χ0) is 17.3. The molecule has 7 heteroatoms. The summed E-state index contributed by atoms with van der Waals surface area (Å²) >= 11 is 0. The van der Waals surface area contributed by atoms with Crippen molar-refractivity contribution in [3.63, 3.8) is 0 Å². The summed E-state index contributed by atoms with van der Waals surface area (Å²) in [7, 11) is 0. The highest BCUT2D eigenvalue weighted by atomic mass is 16.4. The fraction of sp³-hybridized carbons (Fsp3) is 0.353. The van der Waals surface area contributed by atoms with Gasteiger partial charge in [0.1, 0.15) is 0 Å². The third-order valence-corrected chi connectivity index (χ3v) is 4.41. The number of fused-ring (bicyclic) bond motifs is 1. The van der Waals surface area contributed by atoms with Crippen molar-refractivity contribution < 1.29 is 14.0 Å². The predicted molar refractivity (Wildman–Crippen MR) is 88.5 cm³/mol. The van der Waals surface area contributed by atoms with E-state index in [2.05, 4.69) is 6.58 Å². The van der Waals surface area contributed by atoms with Crippen LogP contribution in [0.5, 0.6) is 0 Å². The molecule has 1 aromatic carbocycles. The standard InChI is InChI=1S/C17H19N3O4/c1-2-7-20-13-10-12(3-4-14(13)24-17(20)23)16(22)19-8-5-11(6-9-19)15(18)21/h2-4,10-11H,1,5-9H2,(H2,18,21). The van der Waals surface area contributed by atoms with Crippen LogP contribution >= 0.6 is 0 Å². The van der Waals surface area contributed by atoms with E-state index < -0.39 is 5.76 Å². The predicted octanol–water partition coefficient (Wildman–Crippen LogP) is 1.12. The molecule has 2 aromatic rings. The molecule has 1 aliphatic rings. The average molecular weight is 329 g/mol. The Morgan fingerprint density at radius 2 is 2.04 bits per heavy atom. The van der Waals surface area contributed by atoms with E-state index in [0.29, 0.717) is 49.1 Å². The molecular formula is C17H19N3O4. The lowest BCUT2D eigenvalue weighted by molar-refractivity contribution is -0.123. The highest BCUT2D eigenvalue weighted by molar-refractivity contribution is 5.97. The minimum absolute atomic E-state index is 0.126. The smallest absolute Gasteiger partial charge is 0.408 e. The highest BCUT2D eigenvalue weighted by Crippen LogP contribution is 2.21. The molecular weight excluding hydrogens is 310 g/mol. The maximum absolute atomic E-state index is 12.7. The molecule has 0 atom stereocenters. The lowest BCUT2D eigenvalue weighted by Crippen LogP contribution is -2.41. The number of carbonyl (C=O) groups is 2. The van der Waals surface area contributed by atoms with Crippen LogP contribution in [0, 0.1) is 5.92 Å². The second-order valence-electron chi connectivity index (χ2n) is 5.92. The molecule has 2 heterocycles. The minimum atomic E-state index is -0.475. The number of carbonyl (C=O) groups excluding carboxylic acids is 2. The van der Waals surface area contributed by atoms with Crippen molar-refractivity contribution >= 4 is 22.9 Å². The number of allylic oxidation sites excluding steroid dienone is 1. The molecule has 1 fully saturated rings. The Kier molecular flexibility index (Phi) is 4.24. The van der Waals surface area contributed by atoms with Crippen LogP contribution in [-0.4, -0.2) is 34.4 Å². The summed E-state index contributed by atoms with van der Waals surface area (Å²) in [4.78, 5) is 37.4. The van der Waals surface area contributed by atoms with Crippen LogP contribution in [0.15, 0.2) is 40.1 Å². The Morgan fingerprint density at radius 3 is 2.67 bits per heavy atom. The molecule has 1 saturated heterocycles. The van der Waals surface area contributed by atoms with E-state index in [0.717, 1.165) is 0 Å². The topological polar surface area (TPSA) is 98.5 Å². The zero-order valence-electron chi connectivity index (χ0n) is 13.2. The van der Waals surface area contributed by atoms with Crippen LogP contribution in [0.25, 0.3) is 11.1 Å².